The molecule has 2 aromatic rings. The highest BCUT2D eigenvalue weighted by Crippen LogP contribution is 2.13. The number of hydrogen-bond acceptors (Lipinski definition) is 3. The molecular formula is C22H30N4O2. The van der Waals surface area contributed by atoms with Gasteiger partial charge in [-0.15, -0.1) is 0 Å². The molecule has 0 aromatic heterocycles. The Kier molecular flexibility index (Phi) is 8.85. The lowest BCUT2D eigenvalue weighted by Gasteiger charge is -2.12. The lowest BCUT2D eigenvalue weighted by Crippen LogP contribution is -2.36. The summed E-state index contributed by atoms with van der Waals surface area (Å²) in [6, 6.07) is 15.7. The Balaban J connectivity index is 1.98. The number of methoxy groups -OCH3 is 1. The molecule has 150 valence electrons. The molecule has 0 aliphatic heterocycles. The fourth-order valence-corrected chi connectivity index (χ4v) is 2.68. The molecule has 2 aromatic carbocycles. The van der Waals surface area contributed by atoms with Crippen molar-refractivity contribution in [1.82, 2.24) is 10.6 Å². The van der Waals surface area contributed by atoms with Crippen LogP contribution in [0.25, 0.3) is 0 Å². The van der Waals surface area contributed by atoms with Crippen molar-refractivity contribution in [3.8, 4) is 5.75 Å². The predicted molar refractivity (Wildman–Crippen MR) is 115 cm³/mol. The minimum Gasteiger partial charge on any atom is -0.497 e. The van der Waals surface area contributed by atoms with Gasteiger partial charge in [0, 0.05) is 25.2 Å². The van der Waals surface area contributed by atoms with Crippen molar-refractivity contribution in [2.45, 2.75) is 39.8 Å². The van der Waals surface area contributed by atoms with Crippen LogP contribution < -0.4 is 20.7 Å². The number of rotatable bonds is 9. The first-order valence-corrected chi connectivity index (χ1v) is 9.68. The van der Waals surface area contributed by atoms with Crippen molar-refractivity contribution in [3.63, 3.8) is 0 Å². The molecule has 0 heterocycles. The molecule has 0 atom stereocenters. The lowest BCUT2D eigenvalue weighted by molar-refractivity contribution is -0.116. The minimum atomic E-state index is 0.0384. The molecule has 0 unspecified atom stereocenters. The molecule has 28 heavy (non-hydrogen) atoms. The Bertz CT molecular complexity index is 790. The standard InChI is InChI=1S/C22H30N4O2/c1-4-8-21(27)26-19-11-6-9-17(13-19)15-24-22(23-5-2)25-16-18-10-7-12-20(14-18)28-3/h6-7,9-14H,4-5,8,15-16H2,1-3H3,(H,26,27)(H2,23,24,25). The van der Waals surface area contributed by atoms with E-state index in [1.54, 1.807) is 7.11 Å². The molecule has 1 amide bonds. The molecule has 0 radical (unpaired) electrons. The minimum absolute atomic E-state index is 0.0384. The Labute approximate surface area is 167 Å². The first kappa shape index (κ1) is 21.3. The topological polar surface area (TPSA) is 74.8 Å². The van der Waals surface area contributed by atoms with Crippen molar-refractivity contribution in [2.24, 2.45) is 4.99 Å². The molecule has 0 bridgehead atoms. The van der Waals surface area contributed by atoms with Gasteiger partial charge in [0.2, 0.25) is 5.91 Å². The zero-order valence-electron chi connectivity index (χ0n) is 16.9. The van der Waals surface area contributed by atoms with E-state index in [0.29, 0.717) is 19.5 Å². The first-order chi connectivity index (χ1) is 13.6. The molecule has 0 spiro atoms. The number of guanidine groups is 1. The van der Waals surface area contributed by atoms with Crippen LogP contribution in [0, 0.1) is 0 Å². The van der Waals surface area contributed by atoms with Gasteiger partial charge in [-0.05, 0) is 48.7 Å². The van der Waals surface area contributed by atoms with Crippen LogP contribution in [0.2, 0.25) is 0 Å². The maximum absolute atomic E-state index is 11.8. The summed E-state index contributed by atoms with van der Waals surface area (Å²) in [6.45, 7) is 5.97. The summed E-state index contributed by atoms with van der Waals surface area (Å²) in [5.41, 5.74) is 2.96. The van der Waals surface area contributed by atoms with Crippen molar-refractivity contribution in [3.05, 3.63) is 59.7 Å². The number of ether oxygens (including phenoxy) is 1. The average molecular weight is 383 g/mol. The van der Waals surface area contributed by atoms with Crippen LogP contribution in [-0.2, 0) is 17.9 Å². The number of carbonyl (C=O) groups excluding carboxylic acids is 1. The van der Waals surface area contributed by atoms with Gasteiger partial charge in [0.25, 0.3) is 0 Å². The van der Waals surface area contributed by atoms with Crippen LogP contribution in [-0.4, -0.2) is 25.5 Å². The smallest absolute Gasteiger partial charge is 0.224 e. The molecular weight excluding hydrogens is 352 g/mol. The molecule has 0 saturated heterocycles. The molecule has 3 N–H and O–H groups in total. The highest BCUT2D eigenvalue weighted by Gasteiger charge is 2.03. The first-order valence-electron chi connectivity index (χ1n) is 9.68. The van der Waals surface area contributed by atoms with Gasteiger partial charge in [-0.3, -0.25) is 4.79 Å². The molecule has 6 heteroatoms. The fraction of sp³-hybridized carbons (Fsp3) is 0.364. The summed E-state index contributed by atoms with van der Waals surface area (Å²) >= 11 is 0. The summed E-state index contributed by atoms with van der Waals surface area (Å²) in [5, 5.41) is 9.51. The summed E-state index contributed by atoms with van der Waals surface area (Å²) in [5.74, 6) is 1.62. The lowest BCUT2D eigenvalue weighted by atomic mass is 10.2. The van der Waals surface area contributed by atoms with Gasteiger partial charge < -0.3 is 20.7 Å². The van der Waals surface area contributed by atoms with Crippen molar-refractivity contribution in [2.75, 3.05) is 19.0 Å². The van der Waals surface area contributed by atoms with Gasteiger partial charge in [0.1, 0.15) is 5.75 Å². The fourth-order valence-electron chi connectivity index (χ4n) is 2.68. The number of aliphatic imine (C=N–C) groups is 1. The maximum Gasteiger partial charge on any atom is 0.224 e. The van der Waals surface area contributed by atoms with Gasteiger partial charge in [0.15, 0.2) is 5.96 Å². The second kappa shape index (κ2) is 11.6. The Morgan fingerprint density at radius 3 is 2.57 bits per heavy atom. The summed E-state index contributed by atoms with van der Waals surface area (Å²) < 4.78 is 5.26. The summed E-state index contributed by atoms with van der Waals surface area (Å²) in [4.78, 5) is 16.4. The molecule has 6 nitrogen and oxygen atoms in total. The van der Waals surface area contributed by atoms with E-state index < -0.39 is 0 Å². The molecule has 0 aliphatic carbocycles. The third-order valence-corrected chi connectivity index (χ3v) is 4.05. The molecule has 0 fully saturated rings. The van der Waals surface area contributed by atoms with Crippen LogP contribution >= 0.6 is 0 Å². The van der Waals surface area contributed by atoms with E-state index in [1.165, 1.54) is 0 Å². The van der Waals surface area contributed by atoms with Crippen LogP contribution in [0.5, 0.6) is 5.75 Å². The van der Waals surface area contributed by atoms with Gasteiger partial charge in [0.05, 0.1) is 13.7 Å². The third-order valence-electron chi connectivity index (χ3n) is 4.05. The van der Waals surface area contributed by atoms with E-state index >= 15 is 0 Å². The van der Waals surface area contributed by atoms with Crippen LogP contribution in [0.1, 0.15) is 37.8 Å². The monoisotopic (exact) mass is 382 g/mol. The van der Waals surface area contributed by atoms with E-state index in [1.807, 2.05) is 62.4 Å². The van der Waals surface area contributed by atoms with E-state index in [4.69, 9.17) is 4.74 Å². The largest absolute Gasteiger partial charge is 0.497 e. The predicted octanol–water partition coefficient (Wildman–Crippen LogP) is 3.69. The second-order valence-electron chi connectivity index (χ2n) is 6.40. The second-order valence-corrected chi connectivity index (χ2v) is 6.40. The number of hydrogen-bond donors (Lipinski definition) is 3. The zero-order chi connectivity index (χ0) is 20.2. The third kappa shape index (κ3) is 7.31. The summed E-state index contributed by atoms with van der Waals surface area (Å²) in [6.07, 6.45) is 1.36. The maximum atomic E-state index is 11.8. The Morgan fingerprint density at radius 2 is 1.82 bits per heavy atom. The Hall–Kier alpha value is -3.02. The van der Waals surface area contributed by atoms with Crippen molar-refractivity contribution >= 4 is 17.6 Å². The van der Waals surface area contributed by atoms with E-state index in [-0.39, 0.29) is 5.91 Å². The number of nitrogens with one attached hydrogen (secondary N) is 3. The van der Waals surface area contributed by atoms with Gasteiger partial charge in [-0.2, -0.15) is 0 Å². The zero-order valence-corrected chi connectivity index (χ0v) is 16.9. The molecule has 2 rings (SSSR count). The number of carbonyl (C=O) groups is 1. The van der Waals surface area contributed by atoms with Crippen LogP contribution in [0.3, 0.4) is 0 Å². The van der Waals surface area contributed by atoms with Crippen molar-refractivity contribution < 1.29 is 9.53 Å². The highest BCUT2D eigenvalue weighted by atomic mass is 16.5. The average Bonchev–Trinajstić information content (AvgIpc) is 2.70. The van der Waals surface area contributed by atoms with E-state index in [2.05, 4.69) is 20.9 Å². The van der Waals surface area contributed by atoms with E-state index in [0.717, 1.165) is 41.5 Å². The SMILES string of the molecule is CCCC(=O)Nc1cccc(CN=C(NCC)NCc2cccc(OC)c2)c1. The highest BCUT2D eigenvalue weighted by molar-refractivity contribution is 5.90. The van der Waals surface area contributed by atoms with Gasteiger partial charge in [-0.25, -0.2) is 4.99 Å². The molecule has 0 saturated carbocycles. The summed E-state index contributed by atoms with van der Waals surface area (Å²) in [7, 11) is 1.66. The van der Waals surface area contributed by atoms with Crippen LogP contribution in [0.4, 0.5) is 5.69 Å². The van der Waals surface area contributed by atoms with Crippen LogP contribution in [0.15, 0.2) is 53.5 Å². The normalized spacial score (nSPS) is 11.0. The van der Waals surface area contributed by atoms with Gasteiger partial charge >= 0.3 is 0 Å². The Morgan fingerprint density at radius 1 is 1.04 bits per heavy atom. The quantitative estimate of drug-likeness (QED) is 0.457. The number of benzene rings is 2. The van der Waals surface area contributed by atoms with Crippen molar-refractivity contribution in [1.29, 1.82) is 0 Å². The number of anilines is 1. The number of nitrogens with zero attached hydrogens (tertiary/aromatic N) is 1. The molecule has 0 aliphatic rings. The number of amides is 1. The van der Waals surface area contributed by atoms with E-state index in [9.17, 15) is 4.79 Å². The van der Waals surface area contributed by atoms with Gasteiger partial charge in [-0.1, -0.05) is 31.2 Å².